The van der Waals surface area contributed by atoms with Gasteiger partial charge in [-0.05, 0) is 24.4 Å². The average Bonchev–Trinajstić information content (AvgIpc) is 2.23. The Labute approximate surface area is 96.5 Å². The van der Waals surface area contributed by atoms with Crippen molar-refractivity contribution in [3.8, 4) is 5.75 Å². The number of hydrogen-bond donors (Lipinski definition) is 2. The molecule has 0 unspecified atom stereocenters. The lowest BCUT2D eigenvalue weighted by atomic mass is 10.2. The minimum atomic E-state index is -0.257. The highest BCUT2D eigenvalue weighted by Gasteiger charge is 2.22. The number of nitrogens with one attached hydrogen (secondary N) is 2. The molecule has 6 heteroatoms. The van der Waals surface area contributed by atoms with Crippen LogP contribution in [0.1, 0.15) is 5.56 Å². The molecule has 0 spiro atoms. The molecule has 1 aromatic rings. The van der Waals surface area contributed by atoms with Crippen LogP contribution in [0.25, 0.3) is 0 Å². The van der Waals surface area contributed by atoms with E-state index in [-0.39, 0.29) is 6.03 Å². The fourth-order valence-corrected chi connectivity index (χ4v) is 2.36. The number of carbonyl (C=O) groups is 1. The van der Waals surface area contributed by atoms with Crippen molar-refractivity contribution in [1.29, 1.82) is 0 Å². The first-order valence-corrected chi connectivity index (χ1v) is 5.44. The zero-order valence-corrected chi connectivity index (χ0v) is 9.75. The monoisotopic (exact) mass is 244 g/mol. The van der Waals surface area contributed by atoms with E-state index in [9.17, 15) is 4.79 Å². The summed E-state index contributed by atoms with van der Waals surface area (Å²) in [4.78, 5) is 12.0. The molecule has 80 valence electrons. The summed E-state index contributed by atoms with van der Waals surface area (Å²) in [5.41, 5.74) is 1.60. The molecule has 2 amide bonds. The van der Waals surface area contributed by atoms with Gasteiger partial charge in [-0.2, -0.15) is 0 Å². The van der Waals surface area contributed by atoms with Crippen molar-refractivity contribution in [2.24, 2.45) is 0 Å². The molecule has 1 aromatic carbocycles. The summed E-state index contributed by atoms with van der Waals surface area (Å²) in [6.07, 6.45) is 0. The molecule has 0 radical (unpaired) electrons. The zero-order valence-electron chi connectivity index (χ0n) is 8.18. The van der Waals surface area contributed by atoms with Gasteiger partial charge in [0.25, 0.3) is 0 Å². The SMILES string of the molecule is COc1cc(Cl)c(C)c2c1NC(=O)NS2. The van der Waals surface area contributed by atoms with Gasteiger partial charge < -0.3 is 10.1 Å². The molecule has 1 aliphatic heterocycles. The second-order valence-electron chi connectivity index (χ2n) is 3.05. The number of benzene rings is 1. The maximum atomic E-state index is 11.2. The van der Waals surface area contributed by atoms with Crippen molar-refractivity contribution >= 4 is 35.3 Å². The van der Waals surface area contributed by atoms with Gasteiger partial charge in [0, 0.05) is 11.1 Å². The van der Waals surface area contributed by atoms with Crippen LogP contribution in [-0.2, 0) is 0 Å². The Hall–Kier alpha value is -1.07. The van der Waals surface area contributed by atoms with E-state index in [1.54, 1.807) is 13.2 Å². The number of anilines is 1. The lowest BCUT2D eigenvalue weighted by Crippen LogP contribution is -2.27. The minimum absolute atomic E-state index is 0.257. The number of hydrogen-bond acceptors (Lipinski definition) is 3. The zero-order chi connectivity index (χ0) is 11.0. The fourth-order valence-electron chi connectivity index (χ4n) is 1.35. The van der Waals surface area contributed by atoms with Crippen LogP contribution in [0.4, 0.5) is 10.5 Å². The molecule has 2 rings (SSSR count). The molecule has 0 atom stereocenters. The Balaban J connectivity index is 2.61. The first kappa shape index (κ1) is 10.4. The van der Waals surface area contributed by atoms with Crippen LogP contribution in [0.15, 0.2) is 11.0 Å². The van der Waals surface area contributed by atoms with Gasteiger partial charge in [-0.25, -0.2) is 4.79 Å². The average molecular weight is 245 g/mol. The summed E-state index contributed by atoms with van der Waals surface area (Å²) < 4.78 is 7.77. The van der Waals surface area contributed by atoms with Gasteiger partial charge in [0.2, 0.25) is 0 Å². The smallest absolute Gasteiger partial charge is 0.329 e. The maximum Gasteiger partial charge on any atom is 0.329 e. The standard InChI is InChI=1S/C9H9ClN2O2S/c1-4-5(10)3-6(14-2)7-8(4)15-12-9(13)11-7/h3H,1-2H3,(H2,11,12,13). The lowest BCUT2D eigenvalue weighted by molar-refractivity contribution is 0.256. The van der Waals surface area contributed by atoms with E-state index in [1.165, 1.54) is 11.9 Å². The predicted molar refractivity (Wildman–Crippen MR) is 60.8 cm³/mol. The number of ether oxygens (including phenoxy) is 1. The van der Waals surface area contributed by atoms with Crippen molar-refractivity contribution < 1.29 is 9.53 Å². The molecule has 1 heterocycles. The van der Waals surface area contributed by atoms with Crippen LogP contribution in [0.3, 0.4) is 0 Å². The fraction of sp³-hybridized carbons (Fsp3) is 0.222. The van der Waals surface area contributed by atoms with Crippen LogP contribution in [-0.4, -0.2) is 13.1 Å². The van der Waals surface area contributed by atoms with Gasteiger partial charge in [0.1, 0.15) is 11.4 Å². The topological polar surface area (TPSA) is 50.4 Å². The number of amides is 2. The van der Waals surface area contributed by atoms with Gasteiger partial charge in [-0.1, -0.05) is 11.6 Å². The van der Waals surface area contributed by atoms with E-state index in [4.69, 9.17) is 16.3 Å². The van der Waals surface area contributed by atoms with Crippen LogP contribution in [0, 0.1) is 6.92 Å². The van der Waals surface area contributed by atoms with Gasteiger partial charge in [-0.3, -0.25) is 4.72 Å². The normalized spacial score (nSPS) is 13.9. The Morgan fingerprint density at radius 3 is 2.93 bits per heavy atom. The minimum Gasteiger partial charge on any atom is -0.494 e. The first-order chi connectivity index (χ1) is 7.13. The summed E-state index contributed by atoms with van der Waals surface area (Å²) in [7, 11) is 1.54. The molecule has 0 aromatic heterocycles. The molecular formula is C9H9ClN2O2S. The largest absolute Gasteiger partial charge is 0.494 e. The van der Waals surface area contributed by atoms with Crippen molar-refractivity contribution in [3.63, 3.8) is 0 Å². The number of methoxy groups -OCH3 is 1. The Morgan fingerprint density at radius 1 is 1.53 bits per heavy atom. The van der Waals surface area contributed by atoms with Gasteiger partial charge in [0.05, 0.1) is 12.0 Å². The van der Waals surface area contributed by atoms with E-state index in [0.29, 0.717) is 16.5 Å². The van der Waals surface area contributed by atoms with Crippen molar-refractivity contribution in [2.75, 3.05) is 12.4 Å². The van der Waals surface area contributed by atoms with E-state index in [0.717, 1.165) is 10.5 Å². The quantitative estimate of drug-likeness (QED) is 0.747. The van der Waals surface area contributed by atoms with Crippen LogP contribution in [0.5, 0.6) is 5.75 Å². The summed E-state index contributed by atoms with van der Waals surface area (Å²) in [5, 5.41) is 3.31. The van der Waals surface area contributed by atoms with Gasteiger partial charge >= 0.3 is 6.03 Å². The molecule has 0 bridgehead atoms. The van der Waals surface area contributed by atoms with Crippen LogP contribution < -0.4 is 14.8 Å². The lowest BCUT2D eigenvalue weighted by Gasteiger charge is -2.21. The number of fused-ring (bicyclic) bond motifs is 1. The van der Waals surface area contributed by atoms with Crippen molar-refractivity contribution in [3.05, 3.63) is 16.7 Å². The van der Waals surface area contributed by atoms with Crippen LogP contribution >= 0.6 is 23.5 Å². The van der Waals surface area contributed by atoms with E-state index in [1.807, 2.05) is 6.92 Å². The number of halogens is 1. The molecule has 0 fully saturated rings. The highest BCUT2D eigenvalue weighted by Crippen LogP contribution is 2.42. The summed E-state index contributed by atoms with van der Waals surface area (Å²) in [5.74, 6) is 0.572. The highest BCUT2D eigenvalue weighted by molar-refractivity contribution is 7.98. The van der Waals surface area contributed by atoms with Crippen molar-refractivity contribution in [1.82, 2.24) is 4.72 Å². The number of rotatable bonds is 1. The van der Waals surface area contributed by atoms with Crippen LogP contribution in [0.2, 0.25) is 5.02 Å². The molecule has 0 saturated carbocycles. The Kier molecular flexibility index (Phi) is 2.67. The maximum absolute atomic E-state index is 11.2. The molecular weight excluding hydrogens is 236 g/mol. The van der Waals surface area contributed by atoms with E-state index in [2.05, 4.69) is 10.0 Å². The number of carbonyl (C=O) groups excluding carboxylic acids is 1. The second-order valence-corrected chi connectivity index (χ2v) is 4.27. The Bertz CT molecular complexity index is 437. The summed E-state index contributed by atoms with van der Waals surface area (Å²) in [6.45, 7) is 1.90. The van der Waals surface area contributed by atoms with E-state index >= 15 is 0 Å². The second kappa shape index (κ2) is 3.83. The van der Waals surface area contributed by atoms with Gasteiger partial charge in [-0.15, -0.1) is 0 Å². The third-order valence-corrected chi connectivity index (χ3v) is 3.53. The number of urea groups is 1. The highest BCUT2D eigenvalue weighted by atomic mass is 35.5. The summed E-state index contributed by atoms with van der Waals surface area (Å²) >= 11 is 7.27. The molecule has 4 nitrogen and oxygen atoms in total. The molecule has 15 heavy (non-hydrogen) atoms. The van der Waals surface area contributed by atoms with Crippen molar-refractivity contribution in [2.45, 2.75) is 11.8 Å². The first-order valence-electron chi connectivity index (χ1n) is 4.24. The Morgan fingerprint density at radius 2 is 2.27 bits per heavy atom. The third kappa shape index (κ3) is 1.72. The third-order valence-electron chi connectivity index (χ3n) is 2.13. The predicted octanol–water partition coefficient (Wildman–Crippen LogP) is 2.80. The van der Waals surface area contributed by atoms with E-state index < -0.39 is 0 Å². The molecule has 0 saturated heterocycles. The molecule has 2 N–H and O–H groups in total. The summed E-state index contributed by atoms with van der Waals surface area (Å²) in [6, 6.07) is 1.44. The molecule has 0 aliphatic carbocycles. The van der Waals surface area contributed by atoms with Gasteiger partial charge in [0.15, 0.2) is 0 Å². The molecule has 1 aliphatic rings.